The third kappa shape index (κ3) is 6.03. The number of carbonyl (C=O) groups is 1. The molecule has 32 heavy (non-hydrogen) atoms. The van der Waals surface area contributed by atoms with Gasteiger partial charge in [-0.05, 0) is 19.9 Å². The number of pyridine rings is 1. The van der Waals surface area contributed by atoms with Crippen LogP contribution in [0, 0.1) is 6.92 Å². The monoisotopic (exact) mass is 445 g/mol. The quantitative estimate of drug-likeness (QED) is 0.481. The largest absolute Gasteiger partial charge is 0.380 e. The van der Waals surface area contributed by atoms with Crippen LogP contribution in [-0.4, -0.2) is 43.9 Å². The zero-order valence-corrected chi connectivity index (χ0v) is 18.3. The number of anilines is 3. The van der Waals surface area contributed by atoms with Crippen molar-refractivity contribution in [1.29, 1.82) is 0 Å². The molecule has 3 rings (SSSR count). The molecular weight excluding hydrogens is 420 g/mol. The summed E-state index contributed by atoms with van der Waals surface area (Å²) in [5.74, 6) is -3.58. The van der Waals surface area contributed by atoms with Gasteiger partial charge in [-0.2, -0.15) is 13.9 Å². The maximum Gasteiger partial charge on any atom is 0.303 e. The molecule has 0 radical (unpaired) electrons. The van der Waals surface area contributed by atoms with Crippen LogP contribution in [0.3, 0.4) is 0 Å². The first kappa shape index (κ1) is 23.2. The zero-order chi connectivity index (χ0) is 23.3. The van der Waals surface area contributed by atoms with Crippen LogP contribution in [0.15, 0.2) is 30.6 Å². The van der Waals surface area contributed by atoms with Gasteiger partial charge in [-0.1, -0.05) is 0 Å². The van der Waals surface area contributed by atoms with Crippen molar-refractivity contribution in [3.8, 4) is 11.3 Å². The van der Waals surface area contributed by atoms with Crippen LogP contribution in [0.4, 0.5) is 26.1 Å². The third-order valence-electron chi connectivity index (χ3n) is 4.30. The Morgan fingerprint density at radius 2 is 2.03 bits per heavy atom. The second-order valence-electron chi connectivity index (χ2n) is 7.19. The van der Waals surface area contributed by atoms with Crippen molar-refractivity contribution >= 4 is 23.2 Å². The molecule has 0 aliphatic rings. The van der Waals surface area contributed by atoms with Crippen molar-refractivity contribution in [3.63, 3.8) is 0 Å². The number of hydrogen-bond donors (Lipinski definition) is 2. The van der Waals surface area contributed by atoms with Gasteiger partial charge in [0, 0.05) is 56.2 Å². The van der Waals surface area contributed by atoms with E-state index in [9.17, 15) is 13.6 Å². The number of aryl methyl sites for hydroxylation is 1. The number of nitrogens with one attached hydrogen (secondary N) is 2. The number of ether oxygens (including phenoxy) is 1. The Bertz CT molecular complexity index is 1100. The number of halogens is 2. The van der Waals surface area contributed by atoms with Gasteiger partial charge in [0.2, 0.25) is 11.7 Å². The molecule has 0 fully saturated rings. The summed E-state index contributed by atoms with van der Waals surface area (Å²) in [6.45, 7) is 7.36. The predicted octanol–water partition coefficient (Wildman–Crippen LogP) is 3.89. The number of alkyl halides is 2. The zero-order valence-electron chi connectivity index (χ0n) is 18.3. The molecule has 0 saturated carbocycles. The first-order valence-corrected chi connectivity index (χ1v) is 10.1. The van der Waals surface area contributed by atoms with Crippen LogP contribution in [0.25, 0.3) is 11.3 Å². The molecule has 2 N–H and O–H groups in total. The third-order valence-corrected chi connectivity index (χ3v) is 4.30. The van der Waals surface area contributed by atoms with E-state index in [4.69, 9.17) is 4.74 Å². The second kappa shape index (κ2) is 9.77. The number of hydrogen-bond acceptors (Lipinski definition) is 7. The summed E-state index contributed by atoms with van der Waals surface area (Å²) in [5, 5.41) is 10.2. The first-order chi connectivity index (χ1) is 15.2. The smallest absolute Gasteiger partial charge is 0.303 e. The summed E-state index contributed by atoms with van der Waals surface area (Å²) in [6.07, 6.45) is 3.36. The summed E-state index contributed by atoms with van der Waals surface area (Å²) < 4.78 is 34.7. The maximum atomic E-state index is 13.8. The molecule has 11 heteroatoms. The Morgan fingerprint density at radius 3 is 2.72 bits per heavy atom. The number of amides is 1. The molecule has 3 aromatic rings. The van der Waals surface area contributed by atoms with E-state index in [2.05, 4.69) is 30.7 Å². The Balaban J connectivity index is 1.98. The molecule has 0 atom stereocenters. The molecule has 1 amide bonds. The molecule has 3 aromatic heterocycles. The van der Waals surface area contributed by atoms with Gasteiger partial charge in [-0.15, -0.1) is 0 Å². The normalized spacial score (nSPS) is 11.4. The van der Waals surface area contributed by atoms with Crippen molar-refractivity contribution in [1.82, 2.24) is 24.7 Å². The maximum absolute atomic E-state index is 13.8. The Morgan fingerprint density at radius 1 is 1.25 bits per heavy atom. The highest BCUT2D eigenvalue weighted by molar-refractivity contribution is 5.89. The molecule has 0 unspecified atom stereocenters. The molecule has 170 valence electrons. The molecule has 9 nitrogen and oxygen atoms in total. The summed E-state index contributed by atoms with van der Waals surface area (Å²) in [5.41, 5.74) is 2.09. The van der Waals surface area contributed by atoms with Crippen LogP contribution < -0.4 is 10.6 Å². The van der Waals surface area contributed by atoms with Crippen molar-refractivity contribution < 1.29 is 18.3 Å². The van der Waals surface area contributed by atoms with Crippen molar-refractivity contribution in [2.24, 2.45) is 0 Å². The Labute approximate surface area is 184 Å². The van der Waals surface area contributed by atoms with Crippen molar-refractivity contribution in [2.75, 3.05) is 23.8 Å². The SMILES string of the molecule is CCOCCn1ccc(-c2cnc(NC(C)=O)cc2Nc2cc(C)nc(C(C)(F)F)n2)n1. The van der Waals surface area contributed by atoms with Gasteiger partial charge in [0.25, 0.3) is 0 Å². The standard InChI is InChI=1S/C21H25F2N7O2/c1-5-32-9-8-30-7-6-16(29-30)15-12-24-18(26-14(3)31)11-17(15)27-19-10-13(2)25-20(28-19)21(4,22)23/h6-7,10-12H,5,8-9H2,1-4H3,(H2,24,25,26,27,28,31). The van der Waals surface area contributed by atoms with E-state index in [1.54, 1.807) is 29.9 Å². The van der Waals surface area contributed by atoms with Gasteiger partial charge in [0.05, 0.1) is 24.5 Å². The number of carbonyl (C=O) groups excluding carboxylic acids is 1. The van der Waals surface area contributed by atoms with Crippen LogP contribution in [-0.2, 0) is 22.0 Å². The van der Waals surface area contributed by atoms with Crippen LogP contribution >= 0.6 is 0 Å². The fraction of sp³-hybridized carbons (Fsp3) is 0.381. The highest BCUT2D eigenvalue weighted by Crippen LogP contribution is 2.31. The lowest BCUT2D eigenvalue weighted by Crippen LogP contribution is -2.14. The van der Waals surface area contributed by atoms with E-state index in [1.807, 2.05) is 19.2 Å². The molecule has 0 aliphatic heterocycles. The Kier molecular flexibility index (Phi) is 7.08. The number of aromatic nitrogens is 5. The van der Waals surface area contributed by atoms with E-state index in [0.717, 1.165) is 6.92 Å². The summed E-state index contributed by atoms with van der Waals surface area (Å²) in [4.78, 5) is 23.5. The molecule has 0 saturated heterocycles. The molecule has 0 bridgehead atoms. The molecule has 0 spiro atoms. The summed E-state index contributed by atoms with van der Waals surface area (Å²) >= 11 is 0. The van der Waals surface area contributed by atoms with Gasteiger partial charge < -0.3 is 15.4 Å². The van der Waals surface area contributed by atoms with Crippen molar-refractivity contribution in [3.05, 3.63) is 42.1 Å². The average molecular weight is 445 g/mol. The molecular formula is C21H25F2N7O2. The van der Waals surface area contributed by atoms with Gasteiger partial charge in [-0.25, -0.2) is 15.0 Å². The van der Waals surface area contributed by atoms with E-state index in [1.165, 1.54) is 6.92 Å². The topological polar surface area (TPSA) is 107 Å². The Hall–Kier alpha value is -3.47. The van der Waals surface area contributed by atoms with E-state index < -0.39 is 11.7 Å². The van der Waals surface area contributed by atoms with Gasteiger partial charge in [0.1, 0.15) is 11.6 Å². The highest BCUT2D eigenvalue weighted by Gasteiger charge is 2.29. The van der Waals surface area contributed by atoms with E-state index in [-0.39, 0.29) is 11.7 Å². The highest BCUT2D eigenvalue weighted by atomic mass is 19.3. The minimum atomic E-state index is -3.19. The van der Waals surface area contributed by atoms with Crippen molar-refractivity contribution in [2.45, 2.75) is 40.2 Å². The predicted molar refractivity (Wildman–Crippen MR) is 116 cm³/mol. The van der Waals surface area contributed by atoms with E-state index >= 15 is 0 Å². The lowest BCUT2D eigenvalue weighted by molar-refractivity contribution is -0.114. The molecule has 3 heterocycles. The fourth-order valence-corrected chi connectivity index (χ4v) is 2.91. The summed E-state index contributed by atoms with van der Waals surface area (Å²) in [6, 6.07) is 4.96. The molecule has 0 aliphatic carbocycles. The first-order valence-electron chi connectivity index (χ1n) is 10.1. The van der Waals surface area contributed by atoms with Crippen LogP contribution in [0.1, 0.15) is 32.3 Å². The minimum absolute atomic E-state index is 0.186. The lowest BCUT2D eigenvalue weighted by Gasteiger charge is -2.15. The number of nitrogens with zero attached hydrogens (tertiary/aromatic N) is 5. The average Bonchev–Trinajstić information content (AvgIpc) is 3.15. The van der Waals surface area contributed by atoms with Crippen LogP contribution in [0.2, 0.25) is 0 Å². The van der Waals surface area contributed by atoms with Gasteiger partial charge >= 0.3 is 5.92 Å². The molecule has 0 aromatic carbocycles. The fourth-order valence-electron chi connectivity index (χ4n) is 2.91. The van der Waals surface area contributed by atoms with Crippen LogP contribution in [0.5, 0.6) is 0 Å². The lowest BCUT2D eigenvalue weighted by atomic mass is 10.1. The van der Waals surface area contributed by atoms with Gasteiger partial charge in [-0.3, -0.25) is 9.48 Å². The second-order valence-corrected chi connectivity index (χ2v) is 7.19. The minimum Gasteiger partial charge on any atom is -0.380 e. The summed E-state index contributed by atoms with van der Waals surface area (Å²) in [7, 11) is 0. The van der Waals surface area contributed by atoms with Gasteiger partial charge in [0.15, 0.2) is 0 Å². The van der Waals surface area contributed by atoms with E-state index in [0.29, 0.717) is 48.2 Å². The number of rotatable bonds is 9.